The molecule has 2 amide bonds. The summed E-state index contributed by atoms with van der Waals surface area (Å²) in [6.07, 6.45) is 1.16. The second-order valence-corrected chi connectivity index (χ2v) is 10.7. The van der Waals surface area contributed by atoms with Crippen LogP contribution in [0.2, 0.25) is 0 Å². The van der Waals surface area contributed by atoms with Crippen molar-refractivity contribution in [3.05, 3.63) is 95.1 Å². The Balaban J connectivity index is 1.25. The molecule has 7 nitrogen and oxygen atoms in total. The van der Waals surface area contributed by atoms with Crippen LogP contribution < -0.4 is 5.32 Å². The van der Waals surface area contributed by atoms with Crippen LogP contribution in [-0.2, 0) is 9.53 Å². The maximum absolute atomic E-state index is 13.7. The molecule has 2 aliphatic heterocycles. The minimum atomic E-state index is -0.287. The van der Waals surface area contributed by atoms with Gasteiger partial charge in [0.25, 0.3) is 5.91 Å². The number of para-hydroxylation sites is 1. The van der Waals surface area contributed by atoms with Crippen molar-refractivity contribution in [3.8, 4) is 11.3 Å². The van der Waals surface area contributed by atoms with Gasteiger partial charge in [0.1, 0.15) is 0 Å². The Hall–Kier alpha value is -3.94. The fourth-order valence-electron chi connectivity index (χ4n) is 5.97. The van der Waals surface area contributed by atoms with Crippen LogP contribution in [0.4, 0.5) is 0 Å². The van der Waals surface area contributed by atoms with Crippen LogP contribution in [0.1, 0.15) is 45.9 Å². The van der Waals surface area contributed by atoms with E-state index in [1.165, 1.54) is 5.56 Å². The number of amides is 2. The summed E-state index contributed by atoms with van der Waals surface area (Å²) in [6.45, 7) is 7.47. The van der Waals surface area contributed by atoms with Gasteiger partial charge >= 0.3 is 0 Å². The Morgan fingerprint density at radius 3 is 2.55 bits per heavy atom. The van der Waals surface area contributed by atoms with E-state index in [0.717, 1.165) is 72.6 Å². The first-order valence-electron chi connectivity index (χ1n) is 14.2. The lowest BCUT2D eigenvalue weighted by atomic mass is 9.93. The van der Waals surface area contributed by atoms with Crippen molar-refractivity contribution in [1.29, 1.82) is 0 Å². The Morgan fingerprint density at radius 1 is 0.975 bits per heavy atom. The van der Waals surface area contributed by atoms with Gasteiger partial charge in [0.2, 0.25) is 5.91 Å². The molecule has 1 unspecified atom stereocenters. The molecular formula is C33H36N4O3. The van der Waals surface area contributed by atoms with Crippen molar-refractivity contribution in [2.45, 2.75) is 25.8 Å². The van der Waals surface area contributed by atoms with Crippen molar-refractivity contribution >= 4 is 22.7 Å². The highest BCUT2D eigenvalue weighted by atomic mass is 16.5. The maximum atomic E-state index is 13.7. The molecular weight excluding hydrogens is 500 g/mol. The normalized spacial score (nSPS) is 17.4. The van der Waals surface area contributed by atoms with Crippen LogP contribution in [0, 0.1) is 6.92 Å². The minimum Gasteiger partial charge on any atom is -0.379 e. The smallest absolute Gasteiger partial charge is 0.255 e. The van der Waals surface area contributed by atoms with Gasteiger partial charge in [-0.05, 0) is 43.1 Å². The first-order valence-corrected chi connectivity index (χ1v) is 14.2. The van der Waals surface area contributed by atoms with E-state index in [-0.39, 0.29) is 24.3 Å². The summed E-state index contributed by atoms with van der Waals surface area (Å²) in [5, 5.41) is 4.15. The van der Waals surface area contributed by atoms with Crippen molar-refractivity contribution in [3.63, 3.8) is 0 Å². The topological polar surface area (TPSA) is 77.7 Å². The molecule has 2 aliphatic rings. The molecule has 1 aromatic heterocycles. The lowest BCUT2D eigenvalue weighted by Crippen LogP contribution is -2.38. The lowest BCUT2D eigenvalue weighted by Gasteiger charge is -2.27. The summed E-state index contributed by atoms with van der Waals surface area (Å²) < 4.78 is 5.41. The molecule has 1 fully saturated rings. The molecule has 3 aromatic carbocycles. The van der Waals surface area contributed by atoms with E-state index in [9.17, 15) is 9.59 Å². The second-order valence-electron chi connectivity index (χ2n) is 10.7. The Labute approximate surface area is 235 Å². The molecule has 2 N–H and O–H groups in total. The van der Waals surface area contributed by atoms with Gasteiger partial charge in [0.05, 0.1) is 24.9 Å². The molecule has 40 heavy (non-hydrogen) atoms. The lowest BCUT2D eigenvalue weighted by molar-refractivity contribution is -0.121. The summed E-state index contributed by atoms with van der Waals surface area (Å²) in [7, 11) is 0. The van der Waals surface area contributed by atoms with E-state index in [4.69, 9.17) is 4.74 Å². The van der Waals surface area contributed by atoms with Gasteiger partial charge in [-0.15, -0.1) is 0 Å². The quantitative estimate of drug-likeness (QED) is 0.298. The average Bonchev–Trinajstić information content (AvgIpc) is 3.50. The number of morpholine rings is 1. The van der Waals surface area contributed by atoms with Crippen LogP contribution in [-0.4, -0.2) is 72.5 Å². The third kappa shape index (κ3) is 5.27. The highest BCUT2D eigenvalue weighted by molar-refractivity contribution is 6.02. The zero-order chi connectivity index (χ0) is 27.5. The number of aromatic nitrogens is 1. The van der Waals surface area contributed by atoms with Crippen LogP contribution in [0.5, 0.6) is 0 Å². The zero-order valence-corrected chi connectivity index (χ0v) is 23.0. The number of ether oxygens (including phenoxy) is 1. The molecule has 6 rings (SSSR count). The van der Waals surface area contributed by atoms with E-state index in [2.05, 4.69) is 58.5 Å². The largest absolute Gasteiger partial charge is 0.379 e. The SMILES string of the molecule is Cc1ccc(-c2[nH]c3ccccc3c2C2c3ccccc3C(=O)N2CCC(=O)NCCCN2CCOCC2)cc1. The molecule has 0 radical (unpaired) electrons. The minimum absolute atomic E-state index is 0.0258. The third-order valence-corrected chi connectivity index (χ3v) is 8.08. The Bertz CT molecular complexity index is 1500. The molecule has 1 saturated heterocycles. The number of hydrogen-bond acceptors (Lipinski definition) is 4. The van der Waals surface area contributed by atoms with E-state index < -0.39 is 0 Å². The van der Waals surface area contributed by atoms with Crippen molar-refractivity contribution in [2.24, 2.45) is 0 Å². The summed E-state index contributed by atoms with van der Waals surface area (Å²) in [4.78, 5) is 34.5. The number of aromatic amines is 1. The van der Waals surface area contributed by atoms with Gasteiger partial charge in [0, 0.05) is 54.6 Å². The molecule has 0 bridgehead atoms. The predicted molar refractivity (Wildman–Crippen MR) is 157 cm³/mol. The fraction of sp³-hybridized carbons (Fsp3) is 0.333. The van der Waals surface area contributed by atoms with Crippen LogP contribution in [0.3, 0.4) is 0 Å². The summed E-state index contributed by atoms with van der Waals surface area (Å²) in [5.74, 6) is -0.0528. The van der Waals surface area contributed by atoms with Crippen molar-refractivity contribution < 1.29 is 14.3 Å². The van der Waals surface area contributed by atoms with Crippen LogP contribution >= 0.6 is 0 Å². The highest BCUT2D eigenvalue weighted by Gasteiger charge is 2.40. The number of nitrogens with zero attached hydrogens (tertiary/aromatic N) is 2. The Morgan fingerprint density at radius 2 is 1.73 bits per heavy atom. The number of carbonyl (C=O) groups excluding carboxylic acids is 2. The standard InChI is InChI=1S/C33H36N4O3/c1-23-11-13-24(14-12-23)31-30(27-9-4-5-10-28(27)35-31)32-25-7-2-3-8-26(25)33(39)37(32)18-15-29(38)34-16-6-17-36-19-21-40-22-20-36/h2-5,7-14,32,35H,6,15-22H2,1H3,(H,34,38). The number of aryl methyl sites for hydroxylation is 1. The molecule has 7 heteroatoms. The van der Waals surface area contributed by atoms with Gasteiger partial charge in [-0.25, -0.2) is 0 Å². The third-order valence-electron chi connectivity index (χ3n) is 8.08. The maximum Gasteiger partial charge on any atom is 0.255 e. The van der Waals surface area contributed by atoms with E-state index >= 15 is 0 Å². The molecule has 1 atom stereocenters. The van der Waals surface area contributed by atoms with Crippen molar-refractivity contribution in [1.82, 2.24) is 20.1 Å². The number of H-pyrrole nitrogens is 1. The molecule has 0 saturated carbocycles. The van der Waals surface area contributed by atoms with E-state index in [0.29, 0.717) is 18.7 Å². The molecule has 4 aromatic rings. The summed E-state index contributed by atoms with van der Waals surface area (Å²) in [5.41, 5.74) is 7.07. The molecule has 0 aliphatic carbocycles. The summed E-state index contributed by atoms with van der Waals surface area (Å²) in [6, 6.07) is 24.3. The number of rotatable bonds is 9. The first kappa shape index (κ1) is 26.3. The van der Waals surface area contributed by atoms with E-state index in [1.807, 2.05) is 41.3 Å². The number of benzene rings is 3. The van der Waals surface area contributed by atoms with Gasteiger partial charge in [-0.1, -0.05) is 66.2 Å². The predicted octanol–water partition coefficient (Wildman–Crippen LogP) is 4.92. The van der Waals surface area contributed by atoms with E-state index in [1.54, 1.807) is 0 Å². The highest BCUT2D eigenvalue weighted by Crippen LogP contribution is 2.45. The van der Waals surface area contributed by atoms with Gasteiger partial charge in [-0.3, -0.25) is 14.5 Å². The van der Waals surface area contributed by atoms with Gasteiger partial charge < -0.3 is 19.9 Å². The second kappa shape index (κ2) is 11.7. The average molecular weight is 537 g/mol. The number of carbonyl (C=O) groups is 2. The van der Waals surface area contributed by atoms with Crippen LogP contribution in [0.15, 0.2) is 72.8 Å². The van der Waals surface area contributed by atoms with Gasteiger partial charge in [0.15, 0.2) is 0 Å². The number of hydrogen-bond donors (Lipinski definition) is 2. The monoisotopic (exact) mass is 536 g/mol. The van der Waals surface area contributed by atoms with Crippen LogP contribution in [0.25, 0.3) is 22.2 Å². The molecule has 3 heterocycles. The number of nitrogens with one attached hydrogen (secondary N) is 2. The number of fused-ring (bicyclic) bond motifs is 2. The first-order chi connectivity index (χ1) is 19.6. The molecule has 206 valence electrons. The fourth-order valence-corrected chi connectivity index (χ4v) is 5.97. The van der Waals surface area contributed by atoms with Gasteiger partial charge in [-0.2, -0.15) is 0 Å². The summed E-state index contributed by atoms with van der Waals surface area (Å²) >= 11 is 0. The van der Waals surface area contributed by atoms with Crippen molar-refractivity contribution in [2.75, 3.05) is 45.9 Å². The Kier molecular flexibility index (Phi) is 7.66. The molecule has 0 spiro atoms. The zero-order valence-electron chi connectivity index (χ0n) is 23.0.